The van der Waals surface area contributed by atoms with Gasteiger partial charge < -0.3 is 14.6 Å². The van der Waals surface area contributed by atoms with Crippen molar-refractivity contribution in [2.45, 2.75) is 12.5 Å². The molecule has 96 valence electrons. The van der Waals surface area contributed by atoms with Crippen molar-refractivity contribution in [2.24, 2.45) is 0 Å². The molecular formula is C15H10ClNaO3. The largest absolute Gasteiger partial charge is 1.00 e. The quantitative estimate of drug-likeness (QED) is 0.658. The van der Waals surface area contributed by atoms with Gasteiger partial charge in [-0.05, 0) is 30.7 Å². The Kier molecular flexibility index (Phi) is 4.17. The molecule has 3 nitrogen and oxygen atoms in total. The molecule has 0 radical (unpaired) electrons. The van der Waals surface area contributed by atoms with E-state index in [1.165, 1.54) is 6.92 Å². The third-order valence-electron chi connectivity index (χ3n) is 3.38. The van der Waals surface area contributed by atoms with Crippen LogP contribution in [0.4, 0.5) is 0 Å². The number of rotatable bonds is 1. The molecule has 0 aliphatic carbocycles. The number of carboxylic acids is 1. The summed E-state index contributed by atoms with van der Waals surface area (Å²) in [6.45, 7) is 1.50. The Bertz CT molecular complexity index is 687. The number of carboxylic acid groups (broad SMARTS) is 1. The monoisotopic (exact) mass is 296 g/mol. The first-order valence-corrected chi connectivity index (χ1v) is 6.20. The Hall–Kier alpha value is -1.000. The van der Waals surface area contributed by atoms with E-state index in [-0.39, 0.29) is 29.6 Å². The van der Waals surface area contributed by atoms with Gasteiger partial charge in [-0.15, -0.1) is 0 Å². The molecule has 1 atom stereocenters. The van der Waals surface area contributed by atoms with Crippen LogP contribution >= 0.6 is 11.6 Å². The molecular weight excluding hydrogens is 287 g/mol. The summed E-state index contributed by atoms with van der Waals surface area (Å²) in [5, 5.41) is 12.0. The molecule has 0 saturated heterocycles. The van der Waals surface area contributed by atoms with Crippen LogP contribution in [-0.4, -0.2) is 5.97 Å². The number of fused-ring (bicyclic) bond motifs is 3. The molecule has 0 fully saturated rings. The fraction of sp³-hybridized carbons (Fsp3) is 0.133. The van der Waals surface area contributed by atoms with Gasteiger partial charge in [-0.3, -0.25) is 0 Å². The van der Waals surface area contributed by atoms with Crippen LogP contribution < -0.4 is 39.4 Å². The number of aliphatic carboxylic acids is 1. The van der Waals surface area contributed by atoms with Crippen LogP contribution in [0.3, 0.4) is 0 Å². The van der Waals surface area contributed by atoms with E-state index >= 15 is 0 Å². The Morgan fingerprint density at radius 3 is 2.60 bits per heavy atom. The third-order valence-corrected chi connectivity index (χ3v) is 3.61. The summed E-state index contributed by atoms with van der Waals surface area (Å²) < 4.78 is 5.64. The van der Waals surface area contributed by atoms with Gasteiger partial charge in [0.25, 0.3) is 0 Å². The Balaban J connectivity index is 0.00000147. The van der Waals surface area contributed by atoms with Crippen molar-refractivity contribution in [1.82, 2.24) is 0 Å². The van der Waals surface area contributed by atoms with Crippen LogP contribution in [0.5, 0.6) is 5.75 Å². The van der Waals surface area contributed by atoms with E-state index in [4.69, 9.17) is 16.3 Å². The predicted molar refractivity (Wildman–Crippen MR) is 69.9 cm³/mol. The minimum absolute atomic E-state index is 0. The second-order valence-corrected chi connectivity index (χ2v) is 5.05. The van der Waals surface area contributed by atoms with Gasteiger partial charge in [-0.25, -0.2) is 0 Å². The van der Waals surface area contributed by atoms with Crippen molar-refractivity contribution in [3.05, 3.63) is 53.1 Å². The number of hydrogen-bond donors (Lipinski definition) is 0. The summed E-state index contributed by atoms with van der Waals surface area (Å²) in [7, 11) is 0. The summed E-state index contributed by atoms with van der Waals surface area (Å²) in [6, 6.07) is 12.3. The van der Waals surface area contributed by atoms with E-state index in [9.17, 15) is 9.90 Å². The number of carbonyl (C=O) groups excluding carboxylic acids is 1. The van der Waals surface area contributed by atoms with Gasteiger partial charge in [0, 0.05) is 16.1 Å². The molecule has 1 heterocycles. The molecule has 5 heteroatoms. The molecule has 2 aromatic rings. The van der Waals surface area contributed by atoms with E-state index in [0.29, 0.717) is 16.3 Å². The Morgan fingerprint density at radius 2 is 1.90 bits per heavy atom. The van der Waals surface area contributed by atoms with Gasteiger partial charge in [0.1, 0.15) is 5.75 Å². The van der Waals surface area contributed by atoms with Gasteiger partial charge in [0.2, 0.25) is 0 Å². The first-order chi connectivity index (χ1) is 9.02. The molecule has 0 amide bonds. The van der Waals surface area contributed by atoms with Gasteiger partial charge in [-0.1, -0.05) is 35.9 Å². The summed E-state index contributed by atoms with van der Waals surface area (Å²) >= 11 is 5.99. The van der Waals surface area contributed by atoms with E-state index < -0.39 is 11.6 Å². The minimum atomic E-state index is -1.49. The van der Waals surface area contributed by atoms with Crippen LogP contribution in [0.15, 0.2) is 42.5 Å². The van der Waals surface area contributed by atoms with Crippen molar-refractivity contribution >= 4 is 17.6 Å². The second-order valence-electron chi connectivity index (χ2n) is 4.61. The second kappa shape index (κ2) is 5.41. The molecule has 0 N–H and O–H groups in total. The van der Waals surface area contributed by atoms with Crippen molar-refractivity contribution in [3.8, 4) is 16.9 Å². The smallest absolute Gasteiger partial charge is 0.545 e. The molecule has 1 aliphatic heterocycles. The molecule has 3 rings (SSSR count). The zero-order valence-electron chi connectivity index (χ0n) is 11.1. The van der Waals surface area contributed by atoms with Crippen molar-refractivity contribution in [3.63, 3.8) is 0 Å². The average Bonchev–Trinajstić information content (AvgIpc) is 2.40. The zero-order valence-corrected chi connectivity index (χ0v) is 13.9. The standard InChI is InChI=1S/C15H11ClO3.Na/c1-15(14(17)18)12-5-3-2-4-10(12)11-8-9(16)6-7-13(11)19-15;/h2-8H,1H3,(H,17,18);/q;+1/p-1. The van der Waals surface area contributed by atoms with Crippen LogP contribution in [0.2, 0.25) is 5.02 Å². The van der Waals surface area contributed by atoms with E-state index in [1.54, 1.807) is 30.3 Å². The van der Waals surface area contributed by atoms with Crippen LogP contribution in [-0.2, 0) is 10.4 Å². The molecule has 20 heavy (non-hydrogen) atoms. The van der Waals surface area contributed by atoms with E-state index in [1.807, 2.05) is 12.1 Å². The first kappa shape index (κ1) is 15.4. The molecule has 1 unspecified atom stereocenters. The number of hydrogen-bond acceptors (Lipinski definition) is 3. The summed E-state index contributed by atoms with van der Waals surface area (Å²) in [4.78, 5) is 11.5. The number of ether oxygens (including phenoxy) is 1. The summed E-state index contributed by atoms with van der Waals surface area (Å²) in [5.41, 5.74) is 0.682. The Morgan fingerprint density at radius 1 is 1.20 bits per heavy atom. The summed E-state index contributed by atoms with van der Waals surface area (Å²) in [6.07, 6.45) is 0. The molecule has 0 spiro atoms. The van der Waals surface area contributed by atoms with Gasteiger partial charge >= 0.3 is 29.6 Å². The minimum Gasteiger partial charge on any atom is -0.545 e. The average molecular weight is 297 g/mol. The van der Waals surface area contributed by atoms with Crippen LogP contribution in [0.25, 0.3) is 11.1 Å². The summed E-state index contributed by atoms with van der Waals surface area (Å²) in [5.74, 6) is -0.768. The first-order valence-electron chi connectivity index (χ1n) is 5.82. The maximum absolute atomic E-state index is 11.5. The Labute approximate surface area is 143 Å². The number of carbonyl (C=O) groups is 1. The molecule has 0 bridgehead atoms. The molecule has 1 aliphatic rings. The van der Waals surface area contributed by atoms with E-state index in [0.717, 1.165) is 11.1 Å². The van der Waals surface area contributed by atoms with Crippen molar-refractivity contribution < 1.29 is 44.2 Å². The molecule has 0 saturated carbocycles. The zero-order chi connectivity index (χ0) is 13.6. The normalized spacial score (nSPS) is 19.1. The SMILES string of the molecule is CC1(C(=O)[O-])Oc2ccc(Cl)cc2-c2ccccc21.[Na+]. The van der Waals surface area contributed by atoms with Crippen molar-refractivity contribution in [1.29, 1.82) is 0 Å². The fourth-order valence-electron chi connectivity index (χ4n) is 2.36. The number of benzene rings is 2. The molecule has 2 aromatic carbocycles. The maximum Gasteiger partial charge on any atom is 1.00 e. The number of halogens is 1. The molecule has 0 aromatic heterocycles. The van der Waals surface area contributed by atoms with Crippen LogP contribution in [0.1, 0.15) is 12.5 Å². The topological polar surface area (TPSA) is 49.4 Å². The van der Waals surface area contributed by atoms with Gasteiger partial charge in [0.05, 0.1) is 5.97 Å². The maximum atomic E-state index is 11.5. The van der Waals surface area contributed by atoms with Crippen LogP contribution in [0, 0.1) is 0 Å². The third kappa shape index (κ3) is 2.25. The van der Waals surface area contributed by atoms with E-state index in [2.05, 4.69) is 0 Å². The van der Waals surface area contributed by atoms with Gasteiger partial charge in [0.15, 0.2) is 5.60 Å². The van der Waals surface area contributed by atoms with Gasteiger partial charge in [-0.2, -0.15) is 0 Å². The van der Waals surface area contributed by atoms with Crippen molar-refractivity contribution in [2.75, 3.05) is 0 Å². The predicted octanol–water partition coefficient (Wildman–Crippen LogP) is -0.632. The fourth-order valence-corrected chi connectivity index (χ4v) is 2.53.